The fourth-order valence-corrected chi connectivity index (χ4v) is 1.89. The minimum absolute atomic E-state index is 0.164. The van der Waals surface area contributed by atoms with E-state index in [-0.39, 0.29) is 18.0 Å². The second-order valence-corrected chi connectivity index (χ2v) is 4.19. The molecule has 0 aromatic carbocycles. The lowest BCUT2D eigenvalue weighted by molar-refractivity contribution is -0.119. The van der Waals surface area contributed by atoms with Crippen molar-refractivity contribution in [3.8, 4) is 0 Å². The van der Waals surface area contributed by atoms with Crippen LogP contribution in [0.4, 0.5) is 0 Å². The number of pyridine rings is 1. The van der Waals surface area contributed by atoms with Crippen LogP contribution < -0.4 is 10.6 Å². The highest BCUT2D eigenvalue weighted by Gasteiger charge is 2.20. The van der Waals surface area contributed by atoms with Crippen LogP contribution in [0.3, 0.4) is 0 Å². The number of amides is 1. The number of nitrogens with one attached hydrogen (secondary N) is 2. The molecule has 1 aliphatic heterocycles. The van der Waals surface area contributed by atoms with Crippen molar-refractivity contribution in [2.45, 2.75) is 31.8 Å². The Labute approximate surface area is 95.5 Å². The summed E-state index contributed by atoms with van der Waals surface area (Å²) in [5.74, 6) is 0.164. The Bertz CT molecular complexity index is 353. The van der Waals surface area contributed by atoms with E-state index in [0.717, 1.165) is 18.7 Å². The lowest BCUT2D eigenvalue weighted by Gasteiger charge is -2.16. The normalized spacial score (nSPS) is 21.8. The second-order valence-electron chi connectivity index (χ2n) is 4.19. The zero-order valence-corrected chi connectivity index (χ0v) is 9.44. The quantitative estimate of drug-likeness (QED) is 0.794. The molecule has 1 saturated heterocycles. The van der Waals surface area contributed by atoms with Gasteiger partial charge < -0.3 is 10.6 Å². The fraction of sp³-hybridized carbons (Fsp3) is 0.500. The average Bonchev–Trinajstić information content (AvgIpc) is 2.73. The standard InChI is InChI=1S/C12H17N3O/c1-9(11-4-2-3-7-13-11)14-8-10-5-6-12(16)15-10/h2-4,7,9-10,14H,5-6,8H2,1H3,(H,15,16). The van der Waals surface area contributed by atoms with Gasteiger partial charge in [-0.2, -0.15) is 0 Å². The van der Waals surface area contributed by atoms with Gasteiger partial charge in [-0.25, -0.2) is 0 Å². The molecule has 4 nitrogen and oxygen atoms in total. The molecule has 0 saturated carbocycles. The summed E-state index contributed by atoms with van der Waals surface area (Å²) < 4.78 is 0. The maximum absolute atomic E-state index is 11.0. The zero-order valence-electron chi connectivity index (χ0n) is 9.44. The van der Waals surface area contributed by atoms with E-state index in [9.17, 15) is 4.79 Å². The van der Waals surface area contributed by atoms with Crippen molar-refractivity contribution in [3.05, 3.63) is 30.1 Å². The molecule has 2 atom stereocenters. The Morgan fingerprint density at radius 3 is 3.12 bits per heavy atom. The number of rotatable bonds is 4. The van der Waals surface area contributed by atoms with Crippen LogP contribution in [0.5, 0.6) is 0 Å². The molecule has 86 valence electrons. The SMILES string of the molecule is CC(NCC1CCC(=O)N1)c1ccccn1. The first-order valence-corrected chi connectivity index (χ1v) is 5.69. The molecule has 2 unspecified atom stereocenters. The number of hydrogen-bond acceptors (Lipinski definition) is 3. The molecule has 1 fully saturated rings. The van der Waals surface area contributed by atoms with Gasteiger partial charge in [0.15, 0.2) is 0 Å². The van der Waals surface area contributed by atoms with E-state index in [1.54, 1.807) is 6.20 Å². The van der Waals surface area contributed by atoms with Crippen LogP contribution in [0, 0.1) is 0 Å². The number of carbonyl (C=O) groups excluding carboxylic acids is 1. The van der Waals surface area contributed by atoms with Crippen LogP contribution in [0.1, 0.15) is 31.5 Å². The van der Waals surface area contributed by atoms with Gasteiger partial charge in [0.1, 0.15) is 0 Å². The van der Waals surface area contributed by atoms with E-state index in [4.69, 9.17) is 0 Å². The molecule has 2 N–H and O–H groups in total. The molecule has 1 aliphatic rings. The maximum atomic E-state index is 11.0. The average molecular weight is 219 g/mol. The summed E-state index contributed by atoms with van der Waals surface area (Å²) >= 11 is 0. The third-order valence-electron chi connectivity index (χ3n) is 2.89. The van der Waals surface area contributed by atoms with Gasteiger partial charge >= 0.3 is 0 Å². The monoisotopic (exact) mass is 219 g/mol. The Balaban J connectivity index is 1.80. The molecule has 2 rings (SSSR count). The number of hydrogen-bond donors (Lipinski definition) is 2. The van der Waals surface area contributed by atoms with E-state index in [0.29, 0.717) is 6.42 Å². The molecule has 0 bridgehead atoms. The summed E-state index contributed by atoms with van der Waals surface area (Å²) in [5.41, 5.74) is 1.03. The van der Waals surface area contributed by atoms with Gasteiger partial charge in [0.2, 0.25) is 5.91 Å². The highest BCUT2D eigenvalue weighted by Crippen LogP contribution is 2.10. The number of carbonyl (C=O) groups is 1. The van der Waals surface area contributed by atoms with Crippen molar-refractivity contribution in [1.82, 2.24) is 15.6 Å². The summed E-state index contributed by atoms with van der Waals surface area (Å²) in [5, 5.41) is 6.32. The highest BCUT2D eigenvalue weighted by molar-refractivity contribution is 5.78. The topological polar surface area (TPSA) is 54.0 Å². The van der Waals surface area contributed by atoms with Crippen molar-refractivity contribution in [3.63, 3.8) is 0 Å². The second kappa shape index (κ2) is 5.07. The Kier molecular flexibility index (Phi) is 3.51. The van der Waals surface area contributed by atoms with Crippen molar-refractivity contribution >= 4 is 5.91 Å². The van der Waals surface area contributed by atoms with Crippen molar-refractivity contribution < 1.29 is 4.79 Å². The zero-order chi connectivity index (χ0) is 11.4. The highest BCUT2D eigenvalue weighted by atomic mass is 16.1. The van der Waals surface area contributed by atoms with E-state index in [2.05, 4.69) is 22.5 Å². The van der Waals surface area contributed by atoms with Crippen molar-refractivity contribution in [2.24, 2.45) is 0 Å². The minimum Gasteiger partial charge on any atom is -0.352 e. The van der Waals surface area contributed by atoms with E-state index in [1.165, 1.54) is 0 Å². The molecule has 0 aliphatic carbocycles. The minimum atomic E-state index is 0.164. The molecular formula is C12H17N3O. The third kappa shape index (κ3) is 2.79. The molecule has 0 radical (unpaired) electrons. The predicted octanol–water partition coefficient (Wildman–Crippen LogP) is 1.01. The van der Waals surface area contributed by atoms with Gasteiger partial charge in [-0.1, -0.05) is 6.07 Å². The van der Waals surface area contributed by atoms with Gasteiger partial charge in [0.25, 0.3) is 0 Å². The summed E-state index contributed by atoms with van der Waals surface area (Å²) in [4.78, 5) is 15.3. The van der Waals surface area contributed by atoms with Crippen LogP contribution in [0.15, 0.2) is 24.4 Å². The van der Waals surface area contributed by atoms with Crippen LogP contribution in [0.25, 0.3) is 0 Å². The van der Waals surface area contributed by atoms with Crippen molar-refractivity contribution in [2.75, 3.05) is 6.54 Å². The summed E-state index contributed by atoms with van der Waals surface area (Å²) in [6.45, 7) is 2.89. The van der Waals surface area contributed by atoms with Gasteiger partial charge in [0, 0.05) is 31.2 Å². The van der Waals surface area contributed by atoms with Crippen LogP contribution in [0.2, 0.25) is 0 Å². The molecule has 1 aromatic heterocycles. The first kappa shape index (κ1) is 11.1. The van der Waals surface area contributed by atoms with Gasteiger partial charge in [-0.3, -0.25) is 9.78 Å². The maximum Gasteiger partial charge on any atom is 0.220 e. The van der Waals surface area contributed by atoms with E-state index in [1.807, 2.05) is 18.2 Å². The summed E-state index contributed by atoms with van der Waals surface area (Å²) in [7, 11) is 0. The third-order valence-corrected chi connectivity index (χ3v) is 2.89. The van der Waals surface area contributed by atoms with Crippen LogP contribution in [-0.2, 0) is 4.79 Å². The lowest BCUT2D eigenvalue weighted by Crippen LogP contribution is -2.36. The summed E-state index contributed by atoms with van der Waals surface area (Å²) in [6.07, 6.45) is 3.38. The predicted molar refractivity (Wildman–Crippen MR) is 61.8 cm³/mol. The van der Waals surface area contributed by atoms with E-state index >= 15 is 0 Å². The Morgan fingerprint density at radius 2 is 2.50 bits per heavy atom. The summed E-state index contributed by atoms with van der Waals surface area (Å²) in [6, 6.07) is 6.40. The van der Waals surface area contributed by atoms with E-state index < -0.39 is 0 Å². The number of aromatic nitrogens is 1. The van der Waals surface area contributed by atoms with Gasteiger partial charge in [-0.15, -0.1) is 0 Å². The Morgan fingerprint density at radius 1 is 1.62 bits per heavy atom. The van der Waals surface area contributed by atoms with Crippen molar-refractivity contribution in [1.29, 1.82) is 0 Å². The number of nitrogens with zero attached hydrogens (tertiary/aromatic N) is 1. The van der Waals surface area contributed by atoms with Crippen LogP contribution >= 0.6 is 0 Å². The van der Waals surface area contributed by atoms with Gasteiger partial charge in [-0.05, 0) is 25.5 Å². The molecule has 1 aromatic rings. The molecule has 1 amide bonds. The molecule has 16 heavy (non-hydrogen) atoms. The molecule has 4 heteroatoms. The fourth-order valence-electron chi connectivity index (χ4n) is 1.89. The largest absolute Gasteiger partial charge is 0.352 e. The molecular weight excluding hydrogens is 202 g/mol. The first-order valence-electron chi connectivity index (χ1n) is 5.69. The molecule has 0 spiro atoms. The lowest BCUT2D eigenvalue weighted by atomic mass is 10.2. The smallest absolute Gasteiger partial charge is 0.220 e. The van der Waals surface area contributed by atoms with Crippen LogP contribution in [-0.4, -0.2) is 23.5 Å². The van der Waals surface area contributed by atoms with Gasteiger partial charge in [0.05, 0.1) is 5.69 Å². The molecule has 2 heterocycles. The first-order chi connectivity index (χ1) is 7.75. The Hall–Kier alpha value is -1.42.